The number of carbonyl (C=O) groups excluding carboxylic acids is 1. The fraction of sp³-hybridized carbons (Fsp3) is 0.529. The Morgan fingerprint density at radius 3 is 2.52 bits per heavy atom. The summed E-state index contributed by atoms with van der Waals surface area (Å²) in [4.78, 5) is 12.0. The molecule has 0 bridgehead atoms. The average Bonchev–Trinajstić information content (AvgIpc) is 2.54. The van der Waals surface area contributed by atoms with Crippen LogP contribution in [-0.4, -0.2) is 18.2 Å². The van der Waals surface area contributed by atoms with Crippen LogP contribution in [0.3, 0.4) is 0 Å². The van der Waals surface area contributed by atoms with Gasteiger partial charge in [0.05, 0.1) is 12.3 Å². The van der Waals surface area contributed by atoms with Gasteiger partial charge >= 0.3 is 0 Å². The van der Waals surface area contributed by atoms with Gasteiger partial charge in [-0.05, 0) is 56.5 Å². The summed E-state index contributed by atoms with van der Waals surface area (Å²) in [5.74, 6) is 1.04. The van der Waals surface area contributed by atoms with Crippen LogP contribution in [0.5, 0.6) is 5.75 Å². The predicted octanol–water partition coefficient (Wildman–Crippen LogP) is 3.51. The van der Waals surface area contributed by atoms with Gasteiger partial charge < -0.3 is 4.74 Å². The van der Waals surface area contributed by atoms with Gasteiger partial charge in [-0.2, -0.15) is 5.10 Å². The van der Waals surface area contributed by atoms with Crippen LogP contribution >= 0.6 is 0 Å². The molecule has 1 fully saturated rings. The molecule has 4 heteroatoms. The van der Waals surface area contributed by atoms with Crippen molar-refractivity contribution in [1.82, 2.24) is 5.43 Å². The number of nitrogens with one attached hydrogen (secondary N) is 1. The highest BCUT2D eigenvalue weighted by Crippen LogP contribution is 2.23. The minimum Gasteiger partial charge on any atom is -0.494 e. The quantitative estimate of drug-likeness (QED) is 0.666. The first kappa shape index (κ1) is 15.5. The van der Waals surface area contributed by atoms with E-state index in [-0.39, 0.29) is 11.8 Å². The Morgan fingerprint density at radius 2 is 1.90 bits per heavy atom. The highest BCUT2D eigenvalue weighted by molar-refractivity contribution is 5.99. The summed E-state index contributed by atoms with van der Waals surface area (Å²) in [6.45, 7) is 4.52. The second-order valence-corrected chi connectivity index (χ2v) is 5.47. The maximum absolute atomic E-state index is 12.0. The van der Waals surface area contributed by atoms with Gasteiger partial charge in [0.25, 0.3) is 0 Å². The van der Waals surface area contributed by atoms with E-state index in [1.807, 2.05) is 38.1 Å². The minimum atomic E-state index is 0.0555. The number of rotatable bonds is 5. The zero-order valence-corrected chi connectivity index (χ0v) is 12.9. The predicted molar refractivity (Wildman–Crippen MR) is 84.5 cm³/mol. The van der Waals surface area contributed by atoms with Crippen LogP contribution in [0.25, 0.3) is 0 Å². The molecule has 0 aromatic heterocycles. The van der Waals surface area contributed by atoms with Gasteiger partial charge in [0.2, 0.25) is 5.91 Å². The van der Waals surface area contributed by atoms with E-state index in [0.717, 1.165) is 42.7 Å². The topological polar surface area (TPSA) is 50.7 Å². The van der Waals surface area contributed by atoms with Crippen molar-refractivity contribution in [2.75, 3.05) is 6.61 Å². The summed E-state index contributed by atoms with van der Waals surface area (Å²) in [6, 6.07) is 7.74. The highest BCUT2D eigenvalue weighted by atomic mass is 16.5. The Balaban J connectivity index is 1.91. The van der Waals surface area contributed by atoms with Crippen LogP contribution in [0.1, 0.15) is 51.5 Å². The third-order valence-corrected chi connectivity index (χ3v) is 3.89. The fourth-order valence-corrected chi connectivity index (χ4v) is 2.62. The molecule has 0 aliphatic heterocycles. The smallest absolute Gasteiger partial charge is 0.243 e. The van der Waals surface area contributed by atoms with Crippen molar-refractivity contribution >= 4 is 11.6 Å². The molecule has 21 heavy (non-hydrogen) atoms. The fourth-order valence-electron chi connectivity index (χ4n) is 2.62. The molecule has 0 unspecified atom stereocenters. The monoisotopic (exact) mass is 288 g/mol. The summed E-state index contributed by atoms with van der Waals surface area (Å²) in [5, 5.41) is 4.22. The zero-order valence-electron chi connectivity index (χ0n) is 12.9. The molecule has 114 valence electrons. The lowest BCUT2D eigenvalue weighted by atomic mass is 9.89. The van der Waals surface area contributed by atoms with Crippen LogP contribution in [0.4, 0.5) is 0 Å². The van der Waals surface area contributed by atoms with Crippen LogP contribution in [0, 0.1) is 5.92 Å². The molecule has 1 saturated carbocycles. The van der Waals surface area contributed by atoms with E-state index in [4.69, 9.17) is 4.74 Å². The lowest BCUT2D eigenvalue weighted by Crippen LogP contribution is -2.29. The first-order chi connectivity index (χ1) is 10.2. The Bertz CT molecular complexity index is 488. The maximum atomic E-state index is 12.0. The minimum absolute atomic E-state index is 0.0555. The molecule has 0 radical (unpaired) electrons. The van der Waals surface area contributed by atoms with Crippen molar-refractivity contribution < 1.29 is 9.53 Å². The normalized spacial score (nSPS) is 16.6. The summed E-state index contributed by atoms with van der Waals surface area (Å²) in [7, 11) is 0. The molecule has 1 amide bonds. The summed E-state index contributed by atoms with van der Waals surface area (Å²) in [6.07, 6.45) is 5.53. The van der Waals surface area contributed by atoms with E-state index < -0.39 is 0 Å². The van der Waals surface area contributed by atoms with Crippen LogP contribution < -0.4 is 10.2 Å². The van der Waals surface area contributed by atoms with Crippen molar-refractivity contribution in [3.63, 3.8) is 0 Å². The molecule has 2 rings (SSSR count). The number of hydrazone groups is 1. The average molecular weight is 288 g/mol. The molecule has 1 aliphatic rings. The van der Waals surface area contributed by atoms with Gasteiger partial charge in [0.15, 0.2) is 0 Å². The second-order valence-electron chi connectivity index (χ2n) is 5.47. The second kappa shape index (κ2) is 7.81. The van der Waals surface area contributed by atoms with Gasteiger partial charge in [-0.1, -0.05) is 19.3 Å². The number of nitrogens with zero attached hydrogens (tertiary/aromatic N) is 1. The lowest BCUT2D eigenvalue weighted by molar-refractivity contribution is -0.125. The standard InChI is InChI=1S/C17H24N2O2/c1-3-21-16-11-9-14(10-12-16)13(2)18-19-17(20)15-7-5-4-6-8-15/h9-12,15H,3-8H2,1-2H3,(H,19,20)/b18-13-. The Morgan fingerprint density at radius 1 is 1.24 bits per heavy atom. The number of hydrogen-bond donors (Lipinski definition) is 1. The molecule has 0 atom stereocenters. The molecule has 0 saturated heterocycles. The van der Waals surface area contributed by atoms with Gasteiger partial charge in [-0.25, -0.2) is 5.43 Å². The van der Waals surface area contributed by atoms with Crippen molar-refractivity contribution in [2.24, 2.45) is 11.0 Å². The van der Waals surface area contributed by atoms with E-state index in [1.165, 1.54) is 6.42 Å². The van der Waals surface area contributed by atoms with Crippen LogP contribution in [-0.2, 0) is 4.79 Å². The third-order valence-electron chi connectivity index (χ3n) is 3.89. The molecule has 1 aromatic rings. The molecule has 4 nitrogen and oxygen atoms in total. The van der Waals surface area contributed by atoms with Gasteiger partial charge in [0.1, 0.15) is 5.75 Å². The number of ether oxygens (including phenoxy) is 1. The molecular weight excluding hydrogens is 264 g/mol. The number of amides is 1. The number of benzene rings is 1. The molecule has 0 spiro atoms. The first-order valence-electron chi connectivity index (χ1n) is 7.78. The number of carbonyl (C=O) groups is 1. The molecular formula is C17H24N2O2. The van der Waals surface area contributed by atoms with Gasteiger partial charge in [-0.15, -0.1) is 0 Å². The van der Waals surface area contributed by atoms with Gasteiger partial charge in [-0.3, -0.25) is 4.79 Å². The largest absolute Gasteiger partial charge is 0.494 e. The Labute approximate surface area is 126 Å². The van der Waals surface area contributed by atoms with Crippen LogP contribution in [0.15, 0.2) is 29.4 Å². The summed E-state index contributed by atoms with van der Waals surface area (Å²) in [5.41, 5.74) is 4.50. The summed E-state index contributed by atoms with van der Waals surface area (Å²) >= 11 is 0. The van der Waals surface area contributed by atoms with E-state index in [0.29, 0.717) is 6.61 Å². The summed E-state index contributed by atoms with van der Waals surface area (Å²) < 4.78 is 5.41. The van der Waals surface area contributed by atoms with Crippen molar-refractivity contribution in [1.29, 1.82) is 0 Å². The lowest BCUT2D eigenvalue weighted by Gasteiger charge is -2.19. The van der Waals surface area contributed by atoms with Crippen molar-refractivity contribution in [2.45, 2.75) is 46.0 Å². The van der Waals surface area contributed by atoms with Crippen molar-refractivity contribution in [3.8, 4) is 5.75 Å². The highest BCUT2D eigenvalue weighted by Gasteiger charge is 2.20. The van der Waals surface area contributed by atoms with E-state index >= 15 is 0 Å². The Kier molecular flexibility index (Phi) is 5.78. The van der Waals surface area contributed by atoms with E-state index in [2.05, 4.69) is 10.5 Å². The molecule has 1 aliphatic carbocycles. The SMILES string of the molecule is CCOc1ccc(/C(C)=N\NC(=O)C2CCCCC2)cc1. The first-order valence-corrected chi connectivity index (χ1v) is 7.78. The molecule has 1 aromatic carbocycles. The van der Waals surface area contributed by atoms with E-state index in [1.54, 1.807) is 0 Å². The van der Waals surface area contributed by atoms with Crippen LogP contribution in [0.2, 0.25) is 0 Å². The maximum Gasteiger partial charge on any atom is 0.243 e. The zero-order chi connectivity index (χ0) is 15.1. The molecule has 1 N–H and O–H groups in total. The molecule has 0 heterocycles. The number of hydrogen-bond acceptors (Lipinski definition) is 3. The van der Waals surface area contributed by atoms with Gasteiger partial charge in [0, 0.05) is 5.92 Å². The Hall–Kier alpha value is -1.84. The third kappa shape index (κ3) is 4.59. The van der Waals surface area contributed by atoms with E-state index in [9.17, 15) is 4.79 Å². The van der Waals surface area contributed by atoms with Crippen molar-refractivity contribution in [3.05, 3.63) is 29.8 Å².